The van der Waals surface area contributed by atoms with Gasteiger partial charge in [0.05, 0.1) is 23.8 Å². The lowest BCUT2D eigenvalue weighted by Crippen LogP contribution is -2.26. The van der Waals surface area contributed by atoms with Crippen molar-refractivity contribution >= 4 is 27.7 Å². The van der Waals surface area contributed by atoms with Gasteiger partial charge in [-0.3, -0.25) is 4.79 Å². The number of para-hydroxylation sites is 2. The van der Waals surface area contributed by atoms with Gasteiger partial charge in [0, 0.05) is 13.1 Å². The average molecular weight is 343 g/mol. The highest BCUT2D eigenvalue weighted by molar-refractivity contribution is 5.90. The van der Waals surface area contributed by atoms with Gasteiger partial charge in [-0.25, -0.2) is 4.98 Å². The number of aromatic nitrogens is 2. The van der Waals surface area contributed by atoms with Crippen molar-refractivity contribution < 1.29 is 4.79 Å². The predicted octanol–water partition coefficient (Wildman–Crippen LogP) is 3.94. The van der Waals surface area contributed by atoms with Crippen molar-refractivity contribution in [3.63, 3.8) is 0 Å². The molecule has 0 radical (unpaired) electrons. The molecule has 1 N–H and O–H groups in total. The van der Waals surface area contributed by atoms with Gasteiger partial charge in [-0.05, 0) is 34.9 Å². The van der Waals surface area contributed by atoms with Crippen LogP contribution in [0, 0.1) is 0 Å². The van der Waals surface area contributed by atoms with Crippen molar-refractivity contribution in [3.05, 3.63) is 78.6 Å². The van der Waals surface area contributed by atoms with E-state index in [1.807, 2.05) is 48.8 Å². The molecular formula is C22H21N3O. The number of rotatable bonds is 6. The van der Waals surface area contributed by atoms with Crippen LogP contribution in [0.25, 0.3) is 21.8 Å². The third-order valence-corrected chi connectivity index (χ3v) is 4.66. The first-order valence-corrected chi connectivity index (χ1v) is 8.94. The number of amides is 1. The summed E-state index contributed by atoms with van der Waals surface area (Å²) in [5.74, 6) is 0.0665. The number of carbonyl (C=O) groups is 1. The number of hydrogen-bond donors (Lipinski definition) is 1. The molecule has 1 aromatic heterocycles. The fourth-order valence-electron chi connectivity index (χ4n) is 3.35. The van der Waals surface area contributed by atoms with Crippen LogP contribution in [-0.2, 0) is 17.8 Å². The van der Waals surface area contributed by atoms with E-state index >= 15 is 0 Å². The van der Waals surface area contributed by atoms with E-state index in [9.17, 15) is 4.79 Å². The van der Waals surface area contributed by atoms with E-state index in [1.54, 1.807) is 0 Å². The van der Waals surface area contributed by atoms with Crippen molar-refractivity contribution in [3.8, 4) is 0 Å². The number of fused-ring (bicyclic) bond motifs is 2. The normalized spacial score (nSPS) is 11.1. The molecule has 130 valence electrons. The van der Waals surface area contributed by atoms with E-state index in [0.717, 1.165) is 34.9 Å². The van der Waals surface area contributed by atoms with Crippen LogP contribution in [0.5, 0.6) is 0 Å². The molecule has 0 fully saturated rings. The van der Waals surface area contributed by atoms with Gasteiger partial charge in [0.1, 0.15) is 0 Å². The zero-order valence-electron chi connectivity index (χ0n) is 14.6. The summed E-state index contributed by atoms with van der Waals surface area (Å²) in [5, 5.41) is 5.35. The number of nitrogens with zero attached hydrogens (tertiary/aromatic N) is 2. The predicted molar refractivity (Wildman–Crippen MR) is 105 cm³/mol. The van der Waals surface area contributed by atoms with Crippen LogP contribution >= 0.6 is 0 Å². The molecule has 0 aliphatic rings. The van der Waals surface area contributed by atoms with E-state index in [1.165, 1.54) is 5.39 Å². The van der Waals surface area contributed by atoms with Crippen LogP contribution in [0.3, 0.4) is 0 Å². The van der Waals surface area contributed by atoms with Crippen molar-refractivity contribution in [1.82, 2.24) is 14.9 Å². The summed E-state index contributed by atoms with van der Waals surface area (Å²) in [4.78, 5) is 16.7. The Morgan fingerprint density at radius 3 is 2.73 bits per heavy atom. The number of hydrogen-bond acceptors (Lipinski definition) is 2. The lowest BCUT2D eigenvalue weighted by atomic mass is 10.0. The van der Waals surface area contributed by atoms with E-state index in [-0.39, 0.29) is 5.91 Å². The van der Waals surface area contributed by atoms with Crippen LogP contribution in [-0.4, -0.2) is 22.0 Å². The third kappa shape index (κ3) is 3.45. The Hall–Kier alpha value is -3.14. The molecule has 0 atom stereocenters. The maximum Gasteiger partial charge on any atom is 0.224 e. The highest BCUT2D eigenvalue weighted by Crippen LogP contribution is 2.18. The van der Waals surface area contributed by atoms with Crippen LogP contribution in [0.1, 0.15) is 12.0 Å². The van der Waals surface area contributed by atoms with E-state index in [0.29, 0.717) is 13.0 Å². The highest BCUT2D eigenvalue weighted by atomic mass is 16.1. The van der Waals surface area contributed by atoms with Crippen LogP contribution in [0.15, 0.2) is 73.1 Å². The largest absolute Gasteiger partial charge is 0.356 e. The zero-order valence-corrected chi connectivity index (χ0v) is 14.6. The van der Waals surface area contributed by atoms with Crippen LogP contribution < -0.4 is 5.32 Å². The molecule has 4 nitrogen and oxygen atoms in total. The molecule has 0 aliphatic heterocycles. The lowest BCUT2D eigenvalue weighted by Gasteiger charge is -2.09. The van der Waals surface area contributed by atoms with Crippen molar-refractivity contribution in [2.45, 2.75) is 19.4 Å². The van der Waals surface area contributed by atoms with E-state index < -0.39 is 0 Å². The highest BCUT2D eigenvalue weighted by Gasteiger charge is 2.07. The first-order chi connectivity index (χ1) is 12.8. The van der Waals surface area contributed by atoms with E-state index in [2.05, 4.69) is 39.1 Å². The van der Waals surface area contributed by atoms with Gasteiger partial charge in [0.25, 0.3) is 0 Å². The number of imidazole rings is 1. The average Bonchev–Trinajstić information content (AvgIpc) is 3.09. The Morgan fingerprint density at radius 2 is 1.77 bits per heavy atom. The van der Waals surface area contributed by atoms with Gasteiger partial charge in [-0.15, -0.1) is 0 Å². The number of nitrogens with one attached hydrogen (secondary N) is 1. The third-order valence-electron chi connectivity index (χ3n) is 4.66. The van der Waals surface area contributed by atoms with Gasteiger partial charge < -0.3 is 9.88 Å². The summed E-state index contributed by atoms with van der Waals surface area (Å²) >= 11 is 0. The quantitative estimate of drug-likeness (QED) is 0.539. The van der Waals surface area contributed by atoms with Crippen molar-refractivity contribution in [2.75, 3.05) is 6.54 Å². The Kier molecular flexibility index (Phi) is 4.65. The standard InChI is InChI=1S/C22H21N3O/c26-22(15-18-9-5-8-17-7-1-2-10-19(17)18)23-13-6-14-25-16-24-20-11-3-4-12-21(20)25/h1-5,7-12,16H,6,13-15H2,(H,23,26). The van der Waals surface area contributed by atoms with Gasteiger partial charge in [0.2, 0.25) is 5.91 Å². The summed E-state index contributed by atoms with van der Waals surface area (Å²) in [7, 11) is 0. The smallest absolute Gasteiger partial charge is 0.224 e. The second kappa shape index (κ2) is 7.40. The molecule has 0 saturated heterocycles. The number of carbonyl (C=O) groups excluding carboxylic acids is 1. The fraction of sp³-hybridized carbons (Fsp3) is 0.182. The Labute approximate surface area is 152 Å². The maximum atomic E-state index is 12.3. The second-order valence-corrected chi connectivity index (χ2v) is 6.45. The lowest BCUT2D eigenvalue weighted by molar-refractivity contribution is -0.120. The Bertz CT molecular complexity index is 1050. The molecule has 0 bridgehead atoms. The summed E-state index contributed by atoms with van der Waals surface area (Å²) < 4.78 is 2.13. The van der Waals surface area contributed by atoms with Gasteiger partial charge in [-0.2, -0.15) is 0 Å². The van der Waals surface area contributed by atoms with Gasteiger partial charge in [-0.1, -0.05) is 54.6 Å². The SMILES string of the molecule is O=C(Cc1cccc2ccccc12)NCCCn1cnc2ccccc21. The molecular weight excluding hydrogens is 322 g/mol. The van der Waals surface area contributed by atoms with Gasteiger partial charge >= 0.3 is 0 Å². The molecule has 0 saturated carbocycles. The molecule has 26 heavy (non-hydrogen) atoms. The topological polar surface area (TPSA) is 46.9 Å². The minimum absolute atomic E-state index is 0.0665. The molecule has 1 amide bonds. The molecule has 3 aromatic carbocycles. The second-order valence-electron chi connectivity index (χ2n) is 6.45. The molecule has 4 aromatic rings. The molecule has 4 rings (SSSR count). The molecule has 0 aliphatic carbocycles. The van der Waals surface area contributed by atoms with Crippen molar-refractivity contribution in [1.29, 1.82) is 0 Å². The summed E-state index contributed by atoms with van der Waals surface area (Å²) in [6, 6.07) is 22.4. The fourth-order valence-corrected chi connectivity index (χ4v) is 3.35. The molecule has 0 unspecified atom stereocenters. The first kappa shape index (κ1) is 16.3. The minimum Gasteiger partial charge on any atom is -0.356 e. The van der Waals surface area contributed by atoms with Gasteiger partial charge in [0.15, 0.2) is 0 Å². The summed E-state index contributed by atoms with van der Waals surface area (Å²) in [6.45, 7) is 1.51. The maximum absolute atomic E-state index is 12.3. The Morgan fingerprint density at radius 1 is 0.962 bits per heavy atom. The van der Waals surface area contributed by atoms with Crippen LogP contribution in [0.4, 0.5) is 0 Å². The summed E-state index contributed by atoms with van der Waals surface area (Å²) in [6.07, 6.45) is 3.15. The molecule has 4 heteroatoms. The number of aryl methyl sites for hydroxylation is 1. The summed E-state index contributed by atoms with van der Waals surface area (Å²) in [5.41, 5.74) is 3.21. The van der Waals surface area contributed by atoms with E-state index in [4.69, 9.17) is 0 Å². The number of benzene rings is 3. The Balaban J connectivity index is 1.31. The van der Waals surface area contributed by atoms with Crippen LogP contribution in [0.2, 0.25) is 0 Å². The monoisotopic (exact) mass is 343 g/mol. The molecule has 0 spiro atoms. The zero-order chi connectivity index (χ0) is 17.8. The minimum atomic E-state index is 0.0665. The molecule has 1 heterocycles. The van der Waals surface area contributed by atoms with Crippen molar-refractivity contribution in [2.24, 2.45) is 0 Å². The first-order valence-electron chi connectivity index (χ1n) is 8.94.